The predicted octanol–water partition coefficient (Wildman–Crippen LogP) is 2.32. The molecular weight excluding hydrogens is 174 g/mol. The molecule has 0 heterocycles. The molecule has 0 aromatic heterocycles. The Morgan fingerprint density at radius 2 is 1.93 bits per heavy atom. The summed E-state index contributed by atoms with van der Waals surface area (Å²) in [5, 5.41) is 13.0. The van der Waals surface area contributed by atoms with Crippen molar-refractivity contribution in [3.05, 3.63) is 29.8 Å². The average Bonchev–Trinajstić information content (AvgIpc) is 2.56. The summed E-state index contributed by atoms with van der Waals surface area (Å²) in [6.07, 6.45) is 2.97. The highest BCUT2D eigenvalue weighted by molar-refractivity contribution is 5.45. The fourth-order valence-electron chi connectivity index (χ4n) is 1.97. The van der Waals surface area contributed by atoms with Gasteiger partial charge in [0, 0.05) is 5.69 Å². The molecule has 0 radical (unpaired) electrons. The standard InChI is InChI=1S/C12H17NO/c1-9-5-7-10(8-6-9)13-11-3-2-4-12(11)14/h5-8,11-14H,2-4H2,1H3/t11-,12-/m1/s1. The molecule has 0 aliphatic heterocycles. The maximum Gasteiger partial charge on any atom is 0.0741 e. The van der Waals surface area contributed by atoms with Crippen molar-refractivity contribution in [2.24, 2.45) is 0 Å². The number of nitrogens with one attached hydrogen (secondary N) is 1. The molecule has 1 fully saturated rings. The molecule has 1 aliphatic rings. The van der Waals surface area contributed by atoms with Crippen LogP contribution >= 0.6 is 0 Å². The number of aryl methyl sites for hydroxylation is 1. The monoisotopic (exact) mass is 191 g/mol. The zero-order valence-corrected chi connectivity index (χ0v) is 8.53. The van der Waals surface area contributed by atoms with E-state index in [0.29, 0.717) is 0 Å². The summed E-state index contributed by atoms with van der Waals surface area (Å²) in [6.45, 7) is 2.08. The van der Waals surface area contributed by atoms with Crippen molar-refractivity contribution in [3.63, 3.8) is 0 Å². The zero-order chi connectivity index (χ0) is 9.97. The summed E-state index contributed by atoms with van der Waals surface area (Å²) >= 11 is 0. The van der Waals surface area contributed by atoms with E-state index in [-0.39, 0.29) is 12.1 Å². The molecule has 1 saturated carbocycles. The molecule has 1 aromatic rings. The topological polar surface area (TPSA) is 32.3 Å². The lowest BCUT2D eigenvalue weighted by molar-refractivity contribution is 0.172. The number of hydrogen-bond donors (Lipinski definition) is 2. The van der Waals surface area contributed by atoms with Gasteiger partial charge in [-0.2, -0.15) is 0 Å². The first kappa shape index (κ1) is 9.53. The van der Waals surface area contributed by atoms with Crippen LogP contribution in [0.5, 0.6) is 0 Å². The van der Waals surface area contributed by atoms with E-state index >= 15 is 0 Å². The Hall–Kier alpha value is -1.02. The van der Waals surface area contributed by atoms with Gasteiger partial charge in [0.25, 0.3) is 0 Å². The summed E-state index contributed by atoms with van der Waals surface area (Å²) in [6, 6.07) is 8.56. The van der Waals surface area contributed by atoms with Crippen LogP contribution in [0.25, 0.3) is 0 Å². The Labute approximate surface area is 85.0 Å². The van der Waals surface area contributed by atoms with E-state index in [9.17, 15) is 5.11 Å². The van der Waals surface area contributed by atoms with Gasteiger partial charge in [0.15, 0.2) is 0 Å². The summed E-state index contributed by atoms with van der Waals surface area (Å²) in [7, 11) is 0. The van der Waals surface area contributed by atoms with Gasteiger partial charge >= 0.3 is 0 Å². The third-order valence-electron chi connectivity index (χ3n) is 2.88. The molecule has 76 valence electrons. The van der Waals surface area contributed by atoms with Crippen molar-refractivity contribution < 1.29 is 5.11 Å². The molecule has 0 bridgehead atoms. The lowest BCUT2D eigenvalue weighted by atomic mass is 10.2. The first-order chi connectivity index (χ1) is 6.75. The largest absolute Gasteiger partial charge is 0.391 e. The van der Waals surface area contributed by atoms with Crippen LogP contribution in [0.1, 0.15) is 24.8 Å². The van der Waals surface area contributed by atoms with Crippen LogP contribution in [0.3, 0.4) is 0 Å². The first-order valence-corrected chi connectivity index (χ1v) is 5.27. The SMILES string of the molecule is Cc1ccc(N[C@@H]2CCC[C@H]2O)cc1. The van der Waals surface area contributed by atoms with Gasteiger partial charge in [-0.1, -0.05) is 17.7 Å². The van der Waals surface area contributed by atoms with E-state index in [1.165, 1.54) is 5.56 Å². The summed E-state index contributed by atoms with van der Waals surface area (Å²) in [4.78, 5) is 0. The fourth-order valence-corrected chi connectivity index (χ4v) is 1.97. The van der Waals surface area contributed by atoms with Gasteiger partial charge in [-0.25, -0.2) is 0 Å². The third-order valence-corrected chi connectivity index (χ3v) is 2.88. The molecular formula is C12H17NO. The second kappa shape index (κ2) is 4.01. The van der Waals surface area contributed by atoms with Crippen LogP contribution in [-0.4, -0.2) is 17.3 Å². The second-order valence-electron chi connectivity index (χ2n) is 4.12. The smallest absolute Gasteiger partial charge is 0.0741 e. The first-order valence-electron chi connectivity index (χ1n) is 5.27. The molecule has 0 unspecified atom stereocenters. The van der Waals surface area contributed by atoms with Gasteiger partial charge < -0.3 is 10.4 Å². The number of benzene rings is 1. The molecule has 2 nitrogen and oxygen atoms in total. The Kier molecular flexibility index (Phi) is 2.73. The number of rotatable bonds is 2. The van der Waals surface area contributed by atoms with Gasteiger partial charge in [0.05, 0.1) is 12.1 Å². The highest BCUT2D eigenvalue weighted by atomic mass is 16.3. The zero-order valence-electron chi connectivity index (χ0n) is 8.53. The van der Waals surface area contributed by atoms with Crippen LogP contribution in [-0.2, 0) is 0 Å². The quantitative estimate of drug-likeness (QED) is 0.752. The van der Waals surface area contributed by atoms with E-state index in [4.69, 9.17) is 0 Å². The number of aliphatic hydroxyl groups is 1. The summed E-state index contributed by atoms with van der Waals surface area (Å²) in [5.74, 6) is 0. The molecule has 0 spiro atoms. The van der Waals surface area contributed by atoms with Crippen LogP contribution in [0.4, 0.5) is 5.69 Å². The minimum absolute atomic E-state index is 0.170. The van der Waals surface area contributed by atoms with Gasteiger partial charge in [-0.05, 0) is 38.3 Å². The Bertz CT molecular complexity index is 294. The fraction of sp³-hybridized carbons (Fsp3) is 0.500. The Balaban J connectivity index is 2.00. The highest BCUT2D eigenvalue weighted by Crippen LogP contribution is 2.22. The third kappa shape index (κ3) is 2.07. The lowest BCUT2D eigenvalue weighted by Gasteiger charge is -2.17. The van der Waals surface area contributed by atoms with Crippen LogP contribution < -0.4 is 5.32 Å². The van der Waals surface area contributed by atoms with Crippen molar-refractivity contribution >= 4 is 5.69 Å². The van der Waals surface area contributed by atoms with Crippen molar-refractivity contribution in [3.8, 4) is 0 Å². The van der Waals surface area contributed by atoms with Crippen molar-refractivity contribution in [2.75, 3.05) is 5.32 Å². The molecule has 2 atom stereocenters. The van der Waals surface area contributed by atoms with Crippen molar-refractivity contribution in [1.29, 1.82) is 0 Å². The van der Waals surface area contributed by atoms with Crippen LogP contribution in [0.2, 0.25) is 0 Å². The van der Waals surface area contributed by atoms with E-state index in [1.54, 1.807) is 0 Å². The van der Waals surface area contributed by atoms with Gasteiger partial charge in [0.1, 0.15) is 0 Å². The number of aliphatic hydroxyl groups excluding tert-OH is 1. The predicted molar refractivity (Wildman–Crippen MR) is 58.4 cm³/mol. The van der Waals surface area contributed by atoms with Crippen LogP contribution in [0, 0.1) is 6.92 Å². The lowest BCUT2D eigenvalue weighted by Crippen LogP contribution is -2.27. The molecule has 1 aromatic carbocycles. The molecule has 0 saturated heterocycles. The minimum Gasteiger partial charge on any atom is -0.391 e. The molecule has 2 rings (SSSR count). The van der Waals surface area contributed by atoms with E-state index in [1.807, 2.05) is 0 Å². The van der Waals surface area contributed by atoms with Gasteiger partial charge in [-0.15, -0.1) is 0 Å². The highest BCUT2D eigenvalue weighted by Gasteiger charge is 2.24. The number of hydrogen-bond acceptors (Lipinski definition) is 2. The molecule has 0 amide bonds. The molecule has 1 aliphatic carbocycles. The molecule has 2 heteroatoms. The molecule has 2 N–H and O–H groups in total. The minimum atomic E-state index is -0.170. The normalized spacial score (nSPS) is 26.4. The van der Waals surface area contributed by atoms with E-state index in [2.05, 4.69) is 36.5 Å². The number of anilines is 1. The second-order valence-corrected chi connectivity index (χ2v) is 4.12. The van der Waals surface area contributed by atoms with Crippen LogP contribution in [0.15, 0.2) is 24.3 Å². The average molecular weight is 191 g/mol. The Morgan fingerprint density at radius 3 is 2.50 bits per heavy atom. The van der Waals surface area contributed by atoms with Crippen molar-refractivity contribution in [2.45, 2.75) is 38.3 Å². The summed E-state index contributed by atoms with van der Waals surface area (Å²) < 4.78 is 0. The summed E-state index contributed by atoms with van der Waals surface area (Å²) in [5.41, 5.74) is 2.38. The van der Waals surface area contributed by atoms with Gasteiger partial charge in [0.2, 0.25) is 0 Å². The maximum atomic E-state index is 9.64. The van der Waals surface area contributed by atoms with Crippen molar-refractivity contribution in [1.82, 2.24) is 0 Å². The maximum absolute atomic E-state index is 9.64. The Morgan fingerprint density at radius 1 is 1.21 bits per heavy atom. The molecule has 14 heavy (non-hydrogen) atoms. The van der Waals surface area contributed by atoms with E-state index < -0.39 is 0 Å². The van der Waals surface area contributed by atoms with Gasteiger partial charge in [-0.3, -0.25) is 0 Å². The van der Waals surface area contributed by atoms with E-state index in [0.717, 1.165) is 24.9 Å².